The summed E-state index contributed by atoms with van der Waals surface area (Å²) in [6.45, 7) is 2.19. The Bertz CT molecular complexity index is 564. The molecule has 0 saturated heterocycles. The van der Waals surface area contributed by atoms with Crippen LogP contribution in [0.1, 0.15) is 61.1 Å². The number of hydrogen-bond donors (Lipinski definition) is 1. The van der Waals surface area contributed by atoms with Crippen molar-refractivity contribution in [1.82, 2.24) is 9.97 Å². The summed E-state index contributed by atoms with van der Waals surface area (Å²) in [5.41, 5.74) is 1.68. The second-order valence-corrected chi connectivity index (χ2v) is 6.00. The van der Waals surface area contributed by atoms with Crippen LogP contribution in [0.3, 0.4) is 0 Å². The molecule has 5 heteroatoms. The quantitative estimate of drug-likeness (QED) is 0.400. The first-order valence-corrected chi connectivity index (χ1v) is 9.38. The fraction of sp³-hybridized carbons (Fsp3) is 0.421. The summed E-state index contributed by atoms with van der Waals surface area (Å²) in [5.74, 6) is 0.0856. The maximum absolute atomic E-state index is 10.9. The zero-order chi connectivity index (χ0) is 17.6. The Morgan fingerprint density at radius 2 is 1.62 bits per heavy atom. The second kappa shape index (κ2) is 12.8. The third-order valence-electron chi connectivity index (χ3n) is 3.55. The van der Waals surface area contributed by atoms with E-state index in [0.29, 0.717) is 10.9 Å². The van der Waals surface area contributed by atoms with Crippen molar-refractivity contribution in [3.8, 4) is 0 Å². The van der Waals surface area contributed by atoms with Crippen LogP contribution in [-0.2, 0) is 0 Å². The maximum atomic E-state index is 10.9. The number of aromatic nitrogens is 2. The smallest absolute Gasteiger partial charge is 0.173 e. The first kappa shape index (κ1) is 20.5. The minimum Gasteiger partial charge on any atom is -0.388 e. The number of hydrogen-bond acceptors (Lipinski definition) is 4. The molecular formula is C19H25BrN2O2. The van der Waals surface area contributed by atoms with E-state index in [2.05, 4.69) is 32.8 Å². The van der Waals surface area contributed by atoms with E-state index >= 15 is 0 Å². The second-order valence-electron chi connectivity index (χ2n) is 5.44. The van der Waals surface area contributed by atoms with Gasteiger partial charge in [-0.05, 0) is 36.2 Å². The Kier molecular flexibility index (Phi) is 10.9. The van der Waals surface area contributed by atoms with Gasteiger partial charge in [-0.25, -0.2) is 0 Å². The lowest BCUT2D eigenvalue weighted by atomic mass is 10.0. The molecule has 0 spiro atoms. The Balaban J connectivity index is 0.000000254. The van der Waals surface area contributed by atoms with E-state index in [9.17, 15) is 9.90 Å². The molecule has 2 rings (SSSR count). The number of carbonyl (C=O) groups is 1. The van der Waals surface area contributed by atoms with Crippen molar-refractivity contribution in [2.45, 2.75) is 45.1 Å². The van der Waals surface area contributed by atoms with Crippen LogP contribution >= 0.6 is 15.9 Å². The predicted octanol–water partition coefficient (Wildman–Crippen LogP) is 4.74. The topological polar surface area (TPSA) is 63.1 Å². The fourth-order valence-corrected chi connectivity index (χ4v) is 2.46. The van der Waals surface area contributed by atoms with E-state index in [-0.39, 0.29) is 11.9 Å². The Labute approximate surface area is 152 Å². The highest BCUT2D eigenvalue weighted by Gasteiger charge is 2.05. The minimum absolute atomic E-state index is 0.0856. The van der Waals surface area contributed by atoms with Crippen molar-refractivity contribution in [2.75, 3.05) is 5.33 Å². The number of ketones is 1. The number of aliphatic hydroxyl groups excluding tert-OH is 1. The van der Waals surface area contributed by atoms with Crippen molar-refractivity contribution < 1.29 is 9.90 Å². The summed E-state index contributed by atoms with van der Waals surface area (Å²) in [4.78, 5) is 18.7. The van der Waals surface area contributed by atoms with Gasteiger partial charge in [-0.15, -0.1) is 0 Å². The van der Waals surface area contributed by atoms with E-state index in [1.165, 1.54) is 19.3 Å². The summed E-state index contributed by atoms with van der Waals surface area (Å²) in [6.07, 6.45) is 12.1. The molecular weight excluding hydrogens is 368 g/mol. The van der Waals surface area contributed by atoms with Gasteiger partial charge in [0.2, 0.25) is 0 Å². The molecule has 0 radical (unpaired) electrons. The van der Waals surface area contributed by atoms with Crippen molar-refractivity contribution in [3.05, 3.63) is 60.2 Å². The first-order chi connectivity index (χ1) is 11.7. The molecule has 0 aliphatic rings. The van der Waals surface area contributed by atoms with Crippen LogP contribution in [0.5, 0.6) is 0 Å². The van der Waals surface area contributed by atoms with Crippen LogP contribution in [0.25, 0.3) is 0 Å². The molecule has 130 valence electrons. The van der Waals surface area contributed by atoms with Gasteiger partial charge in [0, 0.05) is 30.4 Å². The molecule has 1 unspecified atom stereocenters. The van der Waals surface area contributed by atoms with Crippen molar-refractivity contribution in [1.29, 1.82) is 0 Å². The van der Waals surface area contributed by atoms with Gasteiger partial charge in [0.15, 0.2) is 5.78 Å². The number of aliphatic hydroxyl groups is 1. The third-order valence-corrected chi connectivity index (χ3v) is 4.05. The molecule has 0 aliphatic carbocycles. The highest BCUT2D eigenvalue weighted by molar-refractivity contribution is 9.09. The Morgan fingerprint density at radius 1 is 1.04 bits per heavy atom. The van der Waals surface area contributed by atoms with Crippen LogP contribution in [0.2, 0.25) is 0 Å². The van der Waals surface area contributed by atoms with Gasteiger partial charge in [0.25, 0.3) is 0 Å². The molecule has 0 bridgehead atoms. The van der Waals surface area contributed by atoms with E-state index < -0.39 is 0 Å². The Hall–Kier alpha value is -1.59. The van der Waals surface area contributed by atoms with Crippen LogP contribution in [0.4, 0.5) is 0 Å². The van der Waals surface area contributed by atoms with Crippen LogP contribution in [-0.4, -0.2) is 26.2 Å². The monoisotopic (exact) mass is 392 g/mol. The molecule has 0 amide bonds. The van der Waals surface area contributed by atoms with Gasteiger partial charge in [0.05, 0.1) is 11.4 Å². The Morgan fingerprint density at radius 3 is 2.17 bits per heavy atom. The average Bonchev–Trinajstić information content (AvgIpc) is 2.66. The number of pyridine rings is 2. The fourth-order valence-electron chi connectivity index (χ4n) is 2.13. The lowest BCUT2D eigenvalue weighted by molar-refractivity contribution is 0.102. The van der Waals surface area contributed by atoms with Crippen molar-refractivity contribution >= 4 is 21.7 Å². The molecule has 1 N–H and O–H groups in total. The maximum Gasteiger partial charge on any atom is 0.173 e. The molecule has 0 fully saturated rings. The molecule has 1 atom stereocenters. The molecule has 2 heterocycles. The highest BCUT2D eigenvalue weighted by Crippen LogP contribution is 2.18. The van der Waals surface area contributed by atoms with Crippen LogP contribution in [0.15, 0.2) is 49.1 Å². The lowest BCUT2D eigenvalue weighted by Crippen LogP contribution is -1.98. The summed E-state index contributed by atoms with van der Waals surface area (Å²) in [5, 5.41) is 10.2. The van der Waals surface area contributed by atoms with Gasteiger partial charge >= 0.3 is 0 Å². The SMILES string of the molecule is CCCCCCC(O)c1ccncc1.O=C(CBr)c1ccncc1. The van der Waals surface area contributed by atoms with Crippen molar-refractivity contribution in [3.63, 3.8) is 0 Å². The summed E-state index contributed by atoms with van der Waals surface area (Å²) >= 11 is 3.08. The number of unbranched alkanes of at least 4 members (excludes halogenated alkanes) is 3. The standard InChI is InChI=1S/C12H19NO.C7H6BrNO/c1-2-3-4-5-6-12(14)11-7-9-13-10-8-11;8-5-7(10)6-1-3-9-4-2-6/h7-10,12,14H,2-6H2,1H3;1-4H,5H2. The summed E-state index contributed by atoms with van der Waals surface area (Å²) in [7, 11) is 0. The van der Waals surface area contributed by atoms with Gasteiger partial charge in [-0.3, -0.25) is 14.8 Å². The van der Waals surface area contributed by atoms with Gasteiger partial charge in [0.1, 0.15) is 0 Å². The summed E-state index contributed by atoms with van der Waals surface area (Å²) < 4.78 is 0. The highest BCUT2D eigenvalue weighted by atomic mass is 79.9. The molecule has 0 aliphatic heterocycles. The largest absolute Gasteiger partial charge is 0.388 e. The zero-order valence-electron chi connectivity index (χ0n) is 14.1. The number of carbonyl (C=O) groups excluding carboxylic acids is 1. The van der Waals surface area contributed by atoms with E-state index in [4.69, 9.17) is 0 Å². The zero-order valence-corrected chi connectivity index (χ0v) is 15.7. The van der Waals surface area contributed by atoms with E-state index in [0.717, 1.165) is 18.4 Å². The van der Waals surface area contributed by atoms with Crippen LogP contribution in [0, 0.1) is 0 Å². The lowest BCUT2D eigenvalue weighted by Gasteiger charge is -2.09. The van der Waals surface area contributed by atoms with Crippen molar-refractivity contribution in [2.24, 2.45) is 0 Å². The van der Waals surface area contributed by atoms with Gasteiger partial charge in [-0.1, -0.05) is 48.5 Å². The number of nitrogens with zero attached hydrogens (tertiary/aromatic N) is 2. The third kappa shape index (κ3) is 8.31. The molecule has 0 aromatic carbocycles. The van der Waals surface area contributed by atoms with Crippen LogP contribution < -0.4 is 0 Å². The van der Waals surface area contributed by atoms with Gasteiger partial charge in [-0.2, -0.15) is 0 Å². The number of halogens is 1. The van der Waals surface area contributed by atoms with E-state index in [1.807, 2.05) is 12.1 Å². The number of rotatable bonds is 8. The average molecular weight is 393 g/mol. The number of alkyl halides is 1. The van der Waals surface area contributed by atoms with Gasteiger partial charge < -0.3 is 5.11 Å². The molecule has 0 saturated carbocycles. The molecule has 2 aromatic rings. The minimum atomic E-state index is -0.310. The molecule has 24 heavy (non-hydrogen) atoms. The summed E-state index contributed by atoms with van der Waals surface area (Å²) in [6, 6.07) is 7.15. The molecule has 2 aromatic heterocycles. The van der Waals surface area contributed by atoms with E-state index in [1.54, 1.807) is 36.9 Å². The number of Topliss-reactive ketones (excluding diaryl/α,β-unsaturated/α-hetero) is 1. The first-order valence-electron chi connectivity index (χ1n) is 8.26. The normalized spacial score (nSPS) is 11.3. The molecule has 4 nitrogen and oxygen atoms in total. The predicted molar refractivity (Wildman–Crippen MR) is 100 cm³/mol.